The van der Waals surface area contributed by atoms with Crippen molar-refractivity contribution in [3.8, 4) is 0 Å². The molecule has 5 heteroatoms. The quantitative estimate of drug-likeness (QED) is 0.858. The van der Waals surface area contributed by atoms with Crippen LogP contribution in [0.2, 0.25) is 5.02 Å². The number of nitrogens with zero attached hydrogens (tertiary/aromatic N) is 2. The molecule has 1 aromatic carbocycles. The van der Waals surface area contributed by atoms with E-state index in [2.05, 4.69) is 9.97 Å². The Kier molecular flexibility index (Phi) is 4.32. The van der Waals surface area contributed by atoms with E-state index in [1.54, 1.807) is 0 Å². The summed E-state index contributed by atoms with van der Waals surface area (Å²) in [6.07, 6.45) is 0. The molecule has 2 aromatic rings. The highest BCUT2D eigenvalue weighted by Crippen LogP contribution is 2.35. The number of rotatable bonds is 3. The Bertz CT molecular complexity index is 599. The Balaban J connectivity index is 2.42. The van der Waals surface area contributed by atoms with Crippen molar-refractivity contribution in [3.05, 3.63) is 40.7 Å². The minimum absolute atomic E-state index is 0.244. The molecule has 0 fully saturated rings. The number of hydrogen-bond donors (Lipinski definition) is 1. The highest BCUT2D eigenvalue weighted by molar-refractivity contribution is 7.99. The zero-order valence-corrected chi connectivity index (χ0v) is 12.7. The van der Waals surface area contributed by atoms with Crippen LogP contribution in [0.1, 0.15) is 31.2 Å². The van der Waals surface area contributed by atoms with Gasteiger partial charge in [-0.2, -0.15) is 0 Å². The summed E-state index contributed by atoms with van der Waals surface area (Å²) in [6, 6.07) is 7.71. The molecule has 19 heavy (non-hydrogen) atoms. The van der Waals surface area contributed by atoms with Crippen LogP contribution in [0.25, 0.3) is 0 Å². The minimum Gasteiger partial charge on any atom is -0.383 e. The zero-order chi connectivity index (χ0) is 14.0. The van der Waals surface area contributed by atoms with E-state index in [1.165, 1.54) is 11.8 Å². The normalized spacial score (nSPS) is 11.0. The van der Waals surface area contributed by atoms with Gasteiger partial charge in [-0.1, -0.05) is 49.3 Å². The van der Waals surface area contributed by atoms with Crippen LogP contribution in [0.3, 0.4) is 0 Å². The summed E-state index contributed by atoms with van der Waals surface area (Å²) >= 11 is 7.70. The van der Waals surface area contributed by atoms with Crippen LogP contribution >= 0.6 is 23.4 Å². The van der Waals surface area contributed by atoms with Gasteiger partial charge in [-0.3, -0.25) is 0 Å². The molecule has 1 aromatic heterocycles. The van der Waals surface area contributed by atoms with Crippen molar-refractivity contribution in [1.29, 1.82) is 0 Å². The van der Waals surface area contributed by atoms with Gasteiger partial charge in [0.05, 0.1) is 5.02 Å². The van der Waals surface area contributed by atoms with Crippen LogP contribution in [0.15, 0.2) is 34.2 Å². The summed E-state index contributed by atoms with van der Waals surface area (Å²) in [7, 11) is 0. The zero-order valence-electron chi connectivity index (χ0n) is 11.1. The average molecular weight is 294 g/mol. The fraction of sp³-hybridized carbons (Fsp3) is 0.286. The maximum absolute atomic E-state index is 6.17. The molecule has 2 N–H and O–H groups in total. The van der Waals surface area contributed by atoms with Crippen molar-refractivity contribution in [1.82, 2.24) is 9.97 Å². The number of nitrogen functional groups attached to an aromatic ring is 1. The Morgan fingerprint density at radius 1 is 1.21 bits per heavy atom. The van der Waals surface area contributed by atoms with E-state index in [4.69, 9.17) is 17.3 Å². The molecule has 1 heterocycles. The van der Waals surface area contributed by atoms with E-state index in [-0.39, 0.29) is 5.92 Å². The van der Waals surface area contributed by atoms with E-state index >= 15 is 0 Å². The topological polar surface area (TPSA) is 51.8 Å². The third kappa shape index (κ3) is 3.19. The second kappa shape index (κ2) is 5.80. The predicted molar refractivity (Wildman–Crippen MR) is 80.8 cm³/mol. The van der Waals surface area contributed by atoms with E-state index in [9.17, 15) is 0 Å². The lowest BCUT2D eigenvalue weighted by Crippen LogP contribution is -2.05. The molecule has 0 saturated carbocycles. The minimum atomic E-state index is 0.244. The molecule has 0 amide bonds. The number of benzene rings is 1. The second-order valence-corrected chi connectivity index (χ2v) is 6.02. The smallest absolute Gasteiger partial charge is 0.134 e. The highest BCUT2D eigenvalue weighted by atomic mass is 35.5. The molecule has 2 rings (SSSR count). The molecule has 0 aliphatic rings. The fourth-order valence-electron chi connectivity index (χ4n) is 1.52. The van der Waals surface area contributed by atoms with Crippen molar-refractivity contribution in [3.63, 3.8) is 0 Å². The maximum Gasteiger partial charge on any atom is 0.134 e. The number of halogens is 1. The molecule has 0 bridgehead atoms. The molecule has 0 aliphatic heterocycles. The van der Waals surface area contributed by atoms with Gasteiger partial charge in [0, 0.05) is 16.4 Å². The van der Waals surface area contributed by atoms with Gasteiger partial charge < -0.3 is 5.73 Å². The lowest BCUT2D eigenvalue weighted by Gasteiger charge is -2.12. The summed E-state index contributed by atoms with van der Waals surface area (Å²) < 4.78 is 0. The maximum atomic E-state index is 6.17. The van der Waals surface area contributed by atoms with Crippen LogP contribution < -0.4 is 5.73 Å². The number of nitrogens with two attached hydrogens (primary N) is 1. The molecule has 0 unspecified atom stereocenters. The molecule has 0 spiro atoms. The average Bonchev–Trinajstić information content (AvgIpc) is 2.37. The first-order chi connectivity index (χ1) is 8.99. The SMILES string of the molecule is Cc1c(N)nc(C(C)C)nc1Sc1ccccc1Cl. The summed E-state index contributed by atoms with van der Waals surface area (Å²) in [5, 5.41) is 1.58. The van der Waals surface area contributed by atoms with Crippen molar-refractivity contribution < 1.29 is 0 Å². The fourth-order valence-corrected chi connectivity index (χ4v) is 2.69. The standard InChI is InChI=1S/C14H16ClN3S/c1-8(2)13-17-12(16)9(3)14(18-13)19-11-7-5-4-6-10(11)15/h4-8H,1-3H3,(H2,16,17,18). The predicted octanol–water partition coefficient (Wildman–Crippen LogP) is 4.30. The van der Waals surface area contributed by atoms with Crippen LogP contribution in [0.4, 0.5) is 5.82 Å². The van der Waals surface area contributed by atoms with Gasteiger partial charge in [0.15, 0.2) is 0 Å². The molecule has 0 atom stereocenters. The number of hydrogen-bond acceptors (Lipinski definition) is 4. The Hall–Kier alpha value is -1.26. The van der Waals surface area contributed by atoms with Crippen molar-refractivity contribution >= 4 is 29.2 Å². The van der Waals surface area contributed by atoms with Crippen LogP contribution in [-0.2, 0) is 0 Å². The third-order valence-electron chi connectivity index (χ3n) is 2.72. The second-order valence-electron chi connectivity index (χ2n) is 4.58. The molecule has 0 saturated heterocycles. The first kappa shape index (κ1) is 14.2. The van der Waals surface area contributed by atoms with Gasteiger partial charge in [-0.25, -0.2) is 9.97 Å². The van der Waals surface area contributed by atoms with E-state index in [1.807, 2.05) is 45.0 Å². The van der Waals surface area contributed by atoms with E-state index in [0.717, 1.165) is 26.3 Å². The monoisotopic (exact) mass is 293 g/mol. The largest absolute Gasteiger partial charge is 0.383 e. The van der Waals surface area contributed by atoms with Gasteiger partial charge in [0.2, 0.25) is 0 Å². The highest BCUT2D eigenvalue weighted by Gasteiger charge is 2.13. The first-order valence-electron chi connectivity index (χ1n) is 6.05. The molecular weight excluding hydrogens is 278 g/mol. The van der Waals surface area contributed by atoms with Gasteiger partial charge in [0.1, 0.15) is 16.7 Å². The Morgan fingerprint density at radius 2 is 1.89 bits per heavy atom. The first-order valence-corrected chi connectivity index (χ1v) is 7.25. The van der Waals surface area contributed by atoms with E-state index in [0.29, 0.717) is 5.82 Å². The molecule has 0 radical (unpaired) electrons. The lowest BCUT2D eigenvalue weighted by molar-refractivity contribution is 0.751. The van der Waals surface area contributed by atoms with Crippen molar-refractivity contribution in [2.24, 2.45) is 0 Å². The summed E-state index contributed by atoms with van der Waals surface area (Å²) in [5.74, 6) is 1.54. The lowest BCUT2D eigenvalue weighted by atomic mass is 10.2. The van der Waals surface area contributed by atoms with Gasteiger partial charge >= 0.3 is 0 Å². The van der Waals surface area contributed by atoms with Crippen molar-refractivity contribution in [2.45, 2.75) is 36.6 Å². The van der Waals surface area contributed by atoms with Crippen LogP contribution in [0, 0.1) is 6.92 Å². The van der Waals surface area contributed by atoms with Crippen molar-refractivity contribution in [2.75, 3.05) is 5.73 Å². The van der Waals surface area contributed by atoms with Gasteiger partial charge in [0.25, 0.3) is 0 Å². The van der Waals surface area contributed by atoms with Crippen LogP contribution in [0.5, 0.6) is 0 Å². The van der Waals surface area contributed by atoms with E-state index < -0.39 is 0 Å². The Morgan fingerprint density at radius 3 is 2.53 bits per heavy atom. The number of anilines is 1. The Labute approximate surface area is 122 Å². The molecule has 100 valence electrons. The van der Waals surface area contributed by atoms with Gasteiger partial charge in [-0.05, 0) is 19.1 Å². The van der Waals surface area contributed by atoms with Gasteiger partial charge in [-0.15, -0.1) is 0 Å². The third-order valence-corrected chi connectivity index (χ3v) is 4.32. The number of aromatic nitrogens is 2. The molecular formula is C14H16ClN3S. The molecule has 3 nitrogen and oxygen atoms in total. The summed E-state index contributed by atoms with van der Waals surface area (Å²) in [6.45, 7) is 6.03. The summed E-state index contributed by atoms with van der Waals surface area (Å²) in [4.78, 5) is 9.87. The van der Waals surface area contributed by atoms with Crippen LogP contribution in [-0.4, -0.2) is 9.97 Å². The summed E-state index contributed by atoms with van der Waals surface area (Å²) in [5.41, 5.74) is 6.85. The molecule has 0 aliphatic carbocycles.